The SMILES string of the molecule is CCCN(CC#N)C(=O)c1cccc(CS(=O)(=O)c2ccccc2)c1. The van der Waals surface area contributed by atoms with Crippen molar-refractivity contribution in [2.24, 2.45) is 0 Å². The van der Waals surface area contributed by atoms with Gasteiger partial charge < -0.3 is 4.90 Å². The Morgan fingerprint density at radius 1 is 1.12 bits per heavy atom. The molecule has 0 aliphatic rings. The zero-order chi connectivity index (χ0) is 18.3. The summed E-state index contributed by atoms with van der Waals surface area (Å²) >= 11 is 0. The molecule has 0 saturated heterocycles. The number of hydrogen-bond donors (Lipinski definition) is 0. The molecule has 0 heterocycles. The Morgan fingerprint density at radius 2 is 1.84 bits per heavy atom. The Balaban J connectivity index is 2.24. The van der Waals surface area contributed by atoms with Crippen LogP contribution in [0.3, 0.4) is 0 Å². The van der Waals surface area contributed by atoms with Gasteiger partial charge in [-0.25, -0.2) is 8.42 Å². The van der Waals surface area contributed by atoms with E-state index < -0.39 is 9.84 Å². The number of sulfone groups is 1. The molecule has 0 unspecified atom stereocenters. The highest BCUT2D eigenvalue weighted by Crippen LogP contribution is 2.17. The van der Waals surface area contributed by atoms with Crippen molar-refractivity contribution in [3.8, 4) is 6.07 Å². The fourth-order valence-electron chi connectivity index (χ4n) is 2.51. The zero-order valence-electron chi connectivity index (χ0n) is 14.1. The highest BCUT2D eigenvalue weighted by Gasteiger charge is 2.18. The van der Waals surface area contributed by atoms with E-state index >= 15 is 0 Å². The first-order valence-corrected chi connectivity index (χ1v) is 9.66. The maximum atomic E-state index is 12.5. The molecule has 0 spiro atoms. The van der Waals surface area contributed by atoms with Gasteiger partial charge in [0.05, 0.1) is 16.7 Å². The van der Waals surface area contributed by atoms with Gasteiger partial charge in [-0.3, -0.25) is 4.79 Å². The maximum absolute atomic E-state index is 12.5. The fourth-order valence-corrected chi connectivity index (χ4v) is 3.87. The van der Waals surface area contributed by atoms with Crippen molar-refractivity contribution in [1.82, 2.24) is 4.90 Å². The van der Waals surface area contributed by atoms with Crippen molar-refractivity contribution < 1.29 is 13.2 Å². The van der Waals surface area contributed by atoms with Gasteiger partial charge in [0.2, 0.25) is 0 Å². The Morgan fingerprint density at radius 3 is 2.48 bits per heavy atom. The van der Waals surface area contributed by atoms with Crippen LogP contribution in [0.2, 0.25) is 0 Å². The molecule has 0 radical (unpaired) electrons. The summed E-state index contributed by atoms with van der Waals surface area (Å²) in [6.45, 7) is 2.43. The second-order valence-corrected chi connectivity index (χ2v) is 7.65. The lowest BCUT2D eigenvalue weighted by Crippen LogP contribution is -2.32. The molecule has 25 heavy (non-hydrogen) atoms. The summed E-state index contributed by atoms with van der Waals surface area (Å²) in [5.41, 5.74) is 0.938. The Hall–Kier alpha value is -2.65. The van der Waals surface area contributed by atoms with Crippen molar-refractivity contribution in [3.05, 3.63) is 65.7 Å². The summed E-state index contributed by atoms with van der Waals surface area (Å²) in [4.78, 5) is 14.3. The molecule has 2 rings (SSSR count). The van der Waals surface area contributed by atoms with Crippen molar-refractivity contribution in [2.45, 2.75) is 24.0 Å². The first-order valence-electron chi connectivity index (χ1n) is 8.01. The maximum Gasteiger partial charge on any atom is 0.254 e. The molecule has 0 aliphatic heterocycles. The molecular formula is C19H20N2O3S. The van der Waals surface area contributed by atoms with Crippen molar-refractivity contribution in [3.63, 3.8) is 0 Å². The summed E-state index contributed by atoms with van der Waals surface area (Å²) in [6.07, 6.45) is 0.746. The number of rotatable bonds is 7. The molecule has 130 valence electrons. The lowest BCUT2D eigenvalue weighted by atomic mass is 10.1. The highest BCUT2D eigenvalue weighted by molar-refractivity contribution is 7.90. The molecular weight excluding hydrogens is 336 g/mol. The van der Waals surface area contributed by atoms with Gasteiger partial charge in [-0.05, 0) is 36.2 Å². The van der Waals surface area contributed by atoms with E-state index in [1.807, 2.05) is 13.0 Å². The first-order chi connectivity index (χ1) is 12.0. The second kappa shape index (κ2) is 8.45. The van der Waals surface area contributed by atoms with Crippen LogP contribution in [0, 0.1) is 11.3 Å². The van der Waals surface area contributed by atoms with Gasteiger partial charge >= 0.3 is 0 Å². The van der Waals surface area contributed by atoms with E-state index in [1.165, 1.54) is 4.90 Å². The molecule has 6 heteroatoms. The van der Waals surface area contributed by atoms with Crippen LogP contribution in [-0.2, 0) is 15.6 Å². The quantitative estimate of drug-likeness (QED) is 0.714. The topological polar surface area (TPSA) is 78.2 Å². The van der Waals surface area contributed by atoms with Gasteiger partial charge in [0, 0.05) is 12.1 Å². The third kappa shape index (κ3) is 4.91. The Bertz CT molecular complexity index is 871. The van der Waals surface area contributed by atoms with Crippen LogP contribution in [0.15, 0.2) is 59.5 Å². The fraction of sp³-hybridized carbons (Fsp3) is 0.263. The van der Waals surface area contributed by atoms with E-state index in [4.69, 9.17) is 5.26 Å². The minimum Gasteiger partial charge on any atom is -0.325 e. The third-order valence-electron chi connectivity index (χ3n) is 3.68. The largest absolute Gasteiger partial charge is 0.325 e. The van der Waals surface area contributed by atoms with Crippen LogP contribution in [-0.4, -0.2) is 32.3 Å². The van der Waals surface area contributed by atoms with Crippen LogP contribution in [0.4, 0.5) is 0 Å². The van der Waals surface area contributed by atoms with Crippen LogP contribution in [0.1, 0.15) is 29.3 Å². The Kier molecular flexibility index (Phi) is 6.31. The number of carbonyl (C=O) groups is 1. The van der Waals surface area contributed by atoms with Gasteiger partial charge in [0.1, 0.15) is 6.54 Å². The number of amides is 1. The summed E-state index contributed by atoms with van der Waals surface area (Å²) in [5, 5.41) is 8.87. The minimum atomic E-state index is -3.47. The zero-order valence-corrected chi connectivity index (χ0v) is 14.9. The highest BCUT2D eigenvalue weighted by atomic mass is 32.2. The number of hydrogen-bond acceptors (Lipinski definition) is 4. The number of nitrogens with zero attached hydrogens (tertiary/aromatic N) is 2. The van der Waals surface area contributed by atoms with Crippen LogP contribution < -0.4 is 0 Å². The molecule has 0 aliphatic carbocycles. The average Bonchev–Trinajstić information content (AvgIpc) is 2.61. The summed E-state index contributed by atoms with van der Waals surface area (Å²) in [5.74, 6) is -0.438. The smallest absolute Gasteiger partial charge is 0.254 e. The summed E-state index contributed by atoms with van der Waals surface area (Å²) in [6, 6.07) is 16.8. The molecule has 2 aromatic carbocycles. The van der Waals surface area contributed by atoms with Crippen molar-refractivity contribution >= 4 is 15.7 Å². The lowest BCUT2D eigenvalue weighted by Gasteiger charge is -2.19. The van der Waals surface area contributed by atoms with Gasteiger partial charge in [-0.2, -0.15) is 5.26 Å². The van der Waals surface area contributed by atoms with E-state index in [1.54, 1.807) is 54.6 Å². The predicted octanol–water partition coefficient (Wildman–Crippen LogP) is 3.04. The first kappa shape index (κ1) is 18.7. The Labute approximate surface area is 148 Å². The van der Waals surface area contributed by atoms with E-state index in [9.17, 15) is 13.2 Å². The second-order valence-electron chi connectivity index (χ2n) is 5.66. The number of nitriles is 1. The van der Waals surface area contributed by atoms with Gasteiger partial charge in [0.25, 0.3) is 5.91 Å². The van der Waals surface area contributed by atoms with E-state index in [2.05, 4.69) is 0 Å². The van der Waals surface area contributed by atoms with E-state index in [0.29, 0.717) is 17.7 Å². The van der Waals surface area contributed by atoms with Gasteiger partial charge in [-0.15, -0.1) is 0 Å². The van der Waals surface area contributed by atoms with Crippen molar-refractivity contribution in [1.29, 1.82) is 5.26 Å². The molecule has 5 nitrogen and oxygen atoms in total. The monoisotopic (exact) mass is 356 g/mol. The summed E-state index contributed by atoms with van der Waals surface area (Å²) < 4.78 is 25.0. The van der Waals surface area contributed by atoms with E-state index in [0.717, 1.165) is 6.42 Å². The van der Waals surface area contributed by atoms with Gasteiger partial charge in [0.15, 0.2) is 9.84 Å². The van der Waals surface area contributed by atoms with Crippen LogP contribution >= 0.6 is 0 Å². The molecule has 0 aromatic heterocycles. The third-order valence-corrected chi connectivity index (χ3v) is 5.38. The number of benzene rings is 2. The standard InChI is InChI=1S/C19H20N2O3S/c1-2-12-21(13-11-20)19(22)17-8-6-7-16(14-17)15-25(23,24)18-9-4-3-5-10-18/h3-10,14H,2,12-13,15H2,1H3. The predicted molar refractivity (Wildman–Crippen MR) is 95.6 cm³/mol. The molecule has 0 bridgehead atoms. The van der Waals surface area contributed by atoms with Crippen LogP contribution in [0.5, 0.6) is 0 Å². The van der Waals surface area contributed by atoms with Crippen molar-refractivity contribution in [2.75, 3.05) is 13.1 Å². The van der Waals surface area contributed by atoms with Gasteiger partial charge in [-0.1, -0.05) is 37.3 Å². The average molecular weight is 356 g/mol. The number of carbonyl (C=O) groups excluding carboxylic acids is 1. The molecule has 0 atom stereocenters. The molecule has 0 fully saturated rings. The van der Waals surface area contributed by atoms with Crippen LogP contribution in [0.25, 0.3) is 0 Å². The molecule has 1 amide bonds. The normalized spacial score (nSPS) is 10.9. The molecule has 2 aromatic rings. The summed E-state index contributed by atoms with van der Waals surface area (Å²) in [7, 11) is -3.47. The molecule has 0 saturated carbocycles. The minimum absolute atomic E-state index is 0.0131. The molecule has 0 N–H and O–H groups in total. The lowest BCUT2D eigenvalue weighted by molar-refractivity contribution is 0.0776. The van der Waals surface area contributed by atoms with E-state index in [-0.39, 0.29) is 23.1 Å².